The molecule has 0 saturated heterocycles. The number of para-hydroxylation sites is 1. The molecular weight excluding hydrogens is 278 g/mol. The molecule has 0 spiro atoms. The van der Waals surface area contributed by atoms with Crippen molar-refractivity contribution in [3.63, 3.8) is 0 Å². The lowest BCUT2D eigenvalue weighted by Crippen LogP contribution is -2.46. The van der Waals surface area contributed by atoms with E-state index < -0.39 is 0 Å². The summed E-state index contributed by atoms with van der Waals surface area (Å²) in [7, 11) is 0. The van der Waals surface area contributed by atoms with Gasteiger partial charge >= 0.3 is 0 Å². The Morgan fingerprint density at radius 2 is 2.00 bits per heavy atom. The van der Waals surface area contributed by atoms with Gasteiger partial charge in [0.2, 0.25) is 11.8 Å². The summed E-state index contributed by atoms with van der Waals surface area (Å²) < 4.78 is 0. The molecule has 5 nitrogen and oxygen atoms in total. The number of carbonyl (C=O) groups excluding carboxylic acids is 2. The highest BCUT2D eigenvalue weighted by molar-refractivity contribution is 5.87. The lowest BCUT2D eigenvalue weighted by Gasteiger charge is -2.36. The standard InChI is InChI=1S/C17H25N3O2/c1-3-10-18-16(21)11-19-17(22)12-20-13(2)8-9-14-6-4-5-7-15(14)20/h4-7,13H,3,8-12H2,1-2H3,(H,18,21)(H,19,22)/t13-/m1/s1. The van der Waals surface area contributed by atoms with Gasteiger partial charge in [-0.2, -0.15) is 0 Å². The molecule has 0 unspecified atom stereocenters. The second-order valence-electron chi connectivity index (χ2n) is 5.77. The average molecular weight is 303 g/mol. The van der Waals surface area contributed by atoms with Crippen molar-refractivity contribution in [2.45, 2.75) is 39.2 Å². The molecule has 1 aromatic carbocycles. The molecule has 1 heterocycles. The van der Waals surface area contributed by atoms with E-state index in [1.54, 1.807) is 0 Å². The third-order valence-electron chi connectivity index (χ3n) is 4.00. The molecule has 2 rings (SSSR count). The van der Waals surface area contributed by atoms with E-state index >= 15 is 0 Å². The fraction of sp³-hybridized carbons (Fsp3) is 0.529. The van der Waals surface area contributed by atoms with Crippen molar-refractivity contribution in [1.82, 2.24) is 10.6 Å². The van der Waals surface area contributed by atoms with E-state index in [0.717, 1.165) is 24.9 Å². The van der Waals surface area contributed by atoms with Crippen LogP contribution in [-0.2, 0) is 16.0 Å². The number of hydrogen-bond acceptors (Lipinski definition) is 3. The molecule has 0 aliphatic carbocycles. The summed E-state index contributed by atoms with van der Waals surface area (Å²) in [6.45, 7) is 5.11. The van der Waals surface area contributed by atoms with Gasteiger partial charge in [0.1, 0.15) is 0 Å². The number of nitrogens with zero attached hydrogens (tertiary/aromatic N) is 1. The summed E-state index contributed by atoms with van der Waals surface area (Å²) in [5.41, 5.74) is 2.42. The number of nitrogens with one attached hydrogen (secondary N) is 2. The van der Waals surface area contributed by atoms with Crippen LogP contribution in [0.5, 0.6) is 0 Å². The Hall–Kier alpha value is -2.04. The van der Waals surface area contributed by atoms with Crippen molar-refractivity contribution in [2.75, 3.05) is 24.5 Å². The Labute approximate surface area is 132 Å². The van der Waals surface area contributed by atoms with Crippen LogP contribution in [0.15, 0.2) is 24.3 Å². The topological polar surface area (TPSA) is 61.4 Å². The molecule has 1 aliphatic rings. The summed E-state index contributed by atoms with van der Waals surface area (Å²) >= 11 is 0. The third-order valence-corrected chi connectivity index (χ3v) is 4.00. The van der Waals surface area contributed by atoms with Gasteiger partial charge in [-0.3, -0.25) is 9.59 Å². The summed E-state index contributed by atoms with van der Waals surface area (Å²) in [6.07, 6.45) is 2.98. The van der Waals surface area contributed by atoms with Gasteiger partial charge in [0, 0.05) is 18.3 Å². The molecule has 1 aromatic rings. The summed E-state index contributed by atoms with van der Waals surface area (Å²) in [6, 6.07) is 8.54. The van der Waals surface area contributed by atoms with E-state index in [-0.39, 0.29) is 18.4 Å². The zero-order chi connectivity index (χ0) is 15.9. The van der Waals surface area contributed by atoms with Gasteiger partial charge in [0.15, 0.2) is 0 Å². The summed E-state index contributed by atoms with van der Waals surface area (Å²) in [5.74, 6) is -0.252. The molecule has 2 amide bonds. The van der Waals surface area contributed by atoms with Crippen LogP contribution in [0.1, 0.15) is 32.3 Å². The Balaban J connectivity index is 1.90. The third kappa shape index (κ3) is 4.23. The maximum Gasteiger partial charge on any atom is 0.239 e. The van der Waals surface area contributed by atoms with Crippen LogP contribution in [0.25, 0.3) is 0 Å². The molecule has 0 saturated carbocycles. The number of aryl methyl sites for hydroxylation is 1. The van der Waals surface area contributed by atoms with E-state index in [0.29, 0.717) is 19.1 Å². The van der Waals surface area contributed by atoms with Crippen LogP contribution in [0.4, 0.5) is 5.69 Å². The van der Waals surface area contributed by atoms with Gasteiger partial charge in [-0.25, -0.2) is 0 Å². The number of anilines is 1. The van der Waals surface area contributed by atoms with Crippen LogP contribution < -0.4 is 15.5 Å². The lowest BCUT2D eigenvalue weighted by molar-refractivity contribution is -0.125. The van der Waals surface area contributed by atoms with Gasteiger partial charge in [0.25, 0.3) is 0 Å². The minimum absolute atomic E-state index is 0.0443. The van der Waals surface area contributed by atoms with E-state index in [1.807, 2.05) is 19.1 Å². The van der Waals surface area contributed by atoms with Crippen molar-refractivity contribution in [1.29, 1.82) is 0 Å². The zero-order valence-corrected chi connectivity index (χ0v) is 13.4. The first-order valence-electron chi connectivity index (χ1n) is 7.99. The van der Waals surface area contributed by atoms with Gasteiger partial charge < -0.3 is 15.5 Å². The van der Waals surface area contributed by atoms with Gasteiger partial charge in [-0.15, -0.1) is 0 Å². The predicted octanol–water partition coefficient (Wildman–Crippen LogP) is 1.47. The van der Waals surface area contributed by atoms with E-state index in [4.69, 9.17) is 0 Å². The molecule has 1 aliphatic heterocycles. The highest BCUT2D eigenvalue weighted by Gasteiger charge is 2.24. The molecule has 2 N–H and O–H groups in total. The van der Waals surface area contributed by atoms with Gasteiger partial charge in [-0.1, -0.05) is 25.1 Å². The van der Waals surface area contributed by atoms with Crippen LogP contribution >= 0.6 is 0 Å². The first-order chi connectivity index (χ1) is 10.6. The number of hydrogen-bond donors (Lipinski definition) is 2. The molecule has 120 valence electrons. The maximum atomic E-state index is 12.1. The first kappa shape index (κ1) is 16.3. The second-order valence-corrected chi connectivity index (χ2v) is 5.77. The Morgan fingerprint density at radius 1 is 1.23 bits per heavy atom. The first-order valence-corrected chi connectivity index (χ1v) is 7.99. The van der Waals surface area contributed by atoms with Crippen molar-refractivity contribution in [3.8, 4) is 0 Å². The molecule has 0 aromatic heterocycles. The van der Waals surface area contributed by atoms with Crippen molar-refractivity contribution in [3.05, 3.63) is 29.8 Å². The van der Waals surface area contributed by atoms with Crippen LogP contribution in [-0.4, -0.2) is 37.5 Å². The highest BCUT2D eigenvalue weighted by Crippen LogP contribution is 2.29. The summed E-state index contributed by atoms with van der Waals surface area (Å²) in [5, 5.41) is 5.45. The molecule has 5 heteroatoms. The maximum absolute atomic E-state index is 12.1. The van der Waals surface area contributed by atoms with Gasteiger partial charge in [-0.05, 0) is 37.8 Å². The van der Waals surface area contributed by atoms with E-state index in [1.165, 1.54) is 5.56 Å². The van der Waals surface area contributed by atoms with Crippen LogP contribution in [0, 0.1) is 0 Å². The monoisotopic (exact) mass is 303 g/mol. The van der Waals surface area contributed by atoms with Crippen molar-refractivity contribution >= 4 is 17.5 Å². The van der Waals surface area contributed by atoms with E-state index in [9.17, 15) is 9.59 Å². The second kappa shape index (κ2) is 7.82. The number of carbonyl (C=O) groups is 2. The van der Waals surface area contributed by atoms with Crippen molar-refractivity contribution in [2.24, 2.45) is 0 Å². The highest BCUT2D eigenvalue weighted by atomic mass is 16.2. The lowest BCUT2D eigenvalue weighted by atomic mass is 9.97. The molecule has 0 fully saturated rings. The fourth-order valence-electron chi connectivity index (χ4n) is 2.72. The molecular formula is C17H25N3O2. The fourth-order valence-corrected chi connectivity index (χ4v) is 2.72. The Kier molecular flexibility index (Phi) is 5.81. The predicted molar refractivity (Wildman–Crippen MR) is 87.9 cm³/mol. The van der Waals surface area contributed by atoms with Crippen LogP contribution in [0.3, 0.4) is 0 Å². The average Bonchev–Trinajstić information content (AvgIpc) is 2.53. The molecule has 22 heavy (non-hydrogen) atoms. The minimum Gasteiger partial charge on any atom is -0.359 e. The smallest absolute Gasteiger partial charge is 0.239 e. The normalized spacial score (nSPS) is 16.8. The minimum atomic E-state index is -0.137. The number of amides is 2. The van der Waals surface area contributed by atoms with Crippen molar-refractivity contribution < 1.29 is 9.59 Å². The number of fused-ring (bicyclic) bond motifs is 1. The molecule has 0 radical (unpaired) electrons. The summed E-state index contributed by atoms with van der Waals surface area (Å²) in [4.78, 5) is 25.8. The largest absolute Gasteiger partial charge is 0.359 e. The Morgan fingerprint density at radius 3 is 2.77 bits per heavy atom. The van der Waals surface area contributed by atoms with E-state index in [2.05, 4.69) is 34.6 Å². The number of rotatable bonds is 6. The Bertz CT molecular complexity index is 530. The zero-order valence-electron chi connectivity index (χ0n) is 13.4. The number of benzene rings is 1. The quantitative estimate of drug-likeness (QED) is 0.836. The molecule has 1 atom stereocenters. The van der Waals surface area contributed by atoms with Crippen LogP contribution in [0.2, 0.25) is 0 Å². The van der Waals surface area contributed by atoms with Gasteiger partial charge in [0.05, 0.1) is 13.1 Å². The molecule has 0 bridgehead atoms. The SMILES string of the molecule is CCCNC(=O)CNC(=O)CN1c2ccccc2CC[C@H]1C.